The molecule has 0 aliphatic heterocycles. The lowest BCUT2D eigenvalue weighted by atomic mass is 10.1. The van der Waals surface area contributed by atoms with Crippen molar-refractivity contribution >= 4 is 11.5 Å². The van der Waals surface area contributed by atoms with Gasteiger partial charge in [0.25, 0.3) is 0 Å². The Morgan fingerprint density at radius 2 is 2.30 bits per heavy atom. The highest BCUT2D eigenvalue weighted by Crippen LogP contribution is 2.23. The van der Waals surface area contributed by atoms with Gasteiger partial charge in [0.1, 0.15) is 6.07 Å². The van der Waals surface area contributed by atoms with Gasteiger partial charge in [-0.3, -0.25) is 10.1 Å². The zero-order valence-corrected chi connectivity index (χ0v) is 11.6. The van der Waals surface area contributed by atoms with Crippen LogP contribution < -0.4 is 5.32 Å². The van der Waals surface area contributed by atoms with E-state index in [0.717, 1.165) is 6.07 Å². The summed E-state index contributed by atoms with van der Waals surface area (Å²) in [6.45, 7) is 2.12. The first-order valence-electron chi connectivity index (χ1n) is 5.91. The van der Waals surface area contributed by atoms with Crippen molar-refractivity contribution in [2.45, 2.75) is 12.5 Å². The van der Waals surface area contributed by atoms with E-state index in [1.165, 1.54) is 6.20 Å². The minimum Gasteiger partial charge on any atom is -0.387 e. The maximum atomic E-state index is 10.9. The Kier molecular flexibility index (Phi) is 4.96. The summed E-state index contributed by atoms with van der Waals surface area (Å²) < 4.78 is 0. The molecule has 0 bridgehead atoms. The van der Waals surface area contributed by atoms with E-state index in [1.807, 2.05) is 19.0 Å². The van der Waals surface area contributed by atoms with Gasteiger partial charge >= 0.3 is 5.69 Å². The monoisotopic (exact) mass is 279 g/mol. The maximum absolute atomic E-state index is 10.9. The molecule has 0 aliphatic rings. The molecule has 0 spiro atoms. The van der Waals surface area contributed by atoms with Crippen LogP contribution in [0.1, 0.15) is 12.5 Å². The Hall–Kier alpha value is -2.24. The molecule has 8 nitrogen and oxygen atoms in total. The van der Waals surface area contributed by atoms with Gasteiger partial charge in [0, 0.05) is 25.4 Å². The lowest BCUT2D eigenvalue weighted by Gasteiger charge is -2.27. The van der Waals surface area contributed by atoms with Crippen molar-refractivity contribution in [3.8, 4) is 6.07 Å². The number of nitro groups is 1. The molecule has 0 amide bonds. The lowest BCUT2D eigenvalue weighted by molar-refractivity contribution is -0.384. The van der Waals surface area contributed by atoms with Crippen LogP contribution in [0.4, 0.5) is 11.5 Å². The van der Waals surface area contributed by atoms with Crippen molar-refractivity contribution in [2.24, 2.45) is 0 Å². The Bertz CT molecular complexity index is 536. The third kappa shape index (κ3) is 4.46. The summed E-state index contributed by atoms with van der Waals surface area (Å²) in [5.74, 6) is 0.0352. The van der Waals surface area contributed by atoms with Crippen LogP contribution in [-0.4, -0.2) is 52.7 Å². The van der Waals surface area contributed by atoms with Crippen molar-refractivity contribution in [1.29, 1.82) is 5.26 Å². The number of rotatable bonds is 6. The van der Waals surface area contributed by atoms with Crippen LogP contribution in [0.2, 0.25) is 0 Å². The number of nitrogens with one attached hydrogen (secondary N) is 1. The van der Waals surface area contributed by atoms with Crippen LogP contribution in [0.3, 0.4) is 0 Å². The van der Waals surface area contributed by atoms with E-state index in [9.17, 15) is 15.2 Å². The van der Waals surface area contributed by atoms with Gasteiger partial charge in [-0.25, -0.2) is 4.98 Å². The van der Waals surface area contributed by atoms with E-state index >= 15 is 0 Å². The van der Waals surface area contributed by atoms with E-state index < -0.39 is 10.5 Å². The van der Waals surface area contributed by atoms with E-state index in [0.29, 0.717) is 6.54 Å². The number of nitriles is 1. The first-order valence-corrected chi connectivity index (χ1v) is 5.91. The Balaban J connectivity index is 2.88. The summed E-state index contributed by atoms with van der Waals surface area (Å²) in [6.07, 6.45) is 1.25. The molecule has 1 atom stereocenters. The first kappa shape index (κ1) is 15.8. The van der Waals surface area contributed by atoms with Gasteiger partial charge in [0.2, 0.25) is 5.82 Å². The molecule has 2 N–H and O–H groups in total. The normalized spacial score (nSPS) is 13.6. The van der Waals surface area contributed by atoms with Gasteiger partial charge in [-0.1, -0.05) is 0 Å². The van der Waals surface area contributed by atoms with E-state index in [2.05, 4.69) is 10.3 Å². The minimum absolute atomic E-state index is 0.0352. The summed E-state index contributed by atoms with van der Waals surface area (Å²) in [4.78, 5) is 16.0. The number of aliphatic hydroxyl groups is 1. The van der Waals surface area contributed by atoms with Crippen LogP contribution in [0, 0.1) is 21.4 Å². The van der Waals surface area contributed by atoms with Crippen LogP contribution in [0.25, 0.3) is 0 Å². The summed E-state index contributed by atoms with van der Waals surface area (Å²) in [7, 11) is 3.63. The molecule has 0 saturated carbocycles. The molecule has 0 aromatic carbocycles. The van der Waals surface area contributed by atoms with Crippen LogP contribution >= 0.6 is 0 Å². The number of pyridine rings is 1. The van der Waals surface area contributed by atoms with Gasteiger partial charge in [-0.05, 0) is 21.0 Å². The molecular formula is C12H17N5O3. The summed E-state index contributed by atoms with van der Waals surface area (Å²) in [6, 6.07) is 2.95. The molecular weight excluding hydrogens is 262 g/mol. The van der Waals surface area contributed by atoms with Crippen molar-refractivity contribution in [3.63, 3.8) is 0 Å². The topological polar surface area (TPSA) is 115 Å². The molecule has 20 heavy (non-hydrogen) atoms. The van der Waals surface area contributed by atoms with Crippen LogP contribution in [-0.2, 0) is 0 Å². The lowest BCUT2D eigenvalue weighted by Crippen LogP contribution is -2.43. The molecule has 1 aromatic rings. The summed E-state index contributed by atoms with van der Waals surface area (Å²) >= 11 is 0. The van der Waals surface area contributed by atoms with E-state index in [-0.39, 0.29) is 23.6 Å². The zero-order valence-electron chi connectivity index (χ0n) is 11.6. The first-order chi connectivity index (χ1) is 9.25. The van der Waals surface area contributed by atoms with Crippen LogP contribution in [0.15, 0.2) is 12.3 Å². The Labute approximate surface area is 116 Å². The highest BCUT2D eigenvalue weighted by molar-refractivity contribution is 5.58. The number of hydrogen-bond donors (Lipinski definition) is 2. The Morgan fingerprint density at radius 1 is 1.65 bits per heavy atom. The zero-order chi connectivity index (χ0) is 15.3. The highest BCUT2D eigenvalue weighted by atomic mass is 16.6. The predicted octanol–water partition coefficient (Wildman–Crippen LogP) is 0.586. The summed E-state index contributed by atoms with van der Waals surface area (Å²) in [5.41, 5.74) is -1.24. The number of hydrogen-bond acceptors (Lipinski definition) is 7. The molecule has 1 rings (SSSR count). The molecule has 0 aliphatic carbocycles. The SMILES string of the molecule is CN(C)CC(C)(O)CNc1ncc(C#N)cc1[N+](=O)[O-]. The summed E-state index contributed by atoms with van der Waals surface area (Å²) in [5, 5.41) is 32.5. The van der Waals surface area contributed by atoms with Crippen molar-refractivity contribution in [3.05, 3.63) is 27.9 Å². The highest BCUT2D eigenvalue weighted by Gasteiger charge is 2.24. The molecule has 0 fully saturated rings. The number of anilines is 1. The molecule has 1 aromatic heterocycles. The minimum atomic E-state index is -1.06. The van der Waals surface area contributed by atoms with Crippen molar-refractivity contribution < 1.29 is 10.0 Å². The van der Waals surface area contributed by atoms with Crippen molar-refractivity contribution in [2.75, 3.05) is 32.5 Å². The van der Waals surface area contributed by atoms with Gasteiger partial charge in [0.05, 0.1) is 16.1 Å². The Morgan fingerprint density at radius 3 is 2.80 bits per heavy atom. The number of aromatic nitrogens is 1. The fourth-order valence-corrected chi connectivity index (χ4v) is 1.80. The molecule has 0 radical (unpaired) electrons. The largest absolute Gasteiger partial charge is 0.387 e. The second kappa shape index (κ2) is 6.27. The van der Waals surface area contributed by atoms with Crippen LogP contribution in [0.5, 0.6) is 0 Å². The maximum Gasteiger partial charge on any atom is 0.312 e. The van der Waals surface area contributed by atoms with Gasteiger partial charge < -0.3 is 15.3 Å². The second-order valence-corrected chi connectivity index (χ2v) is 5.05. The fraction of sp³-hybridized carbons (Fsp3) is 0.500. The smallest absolute Gasteiger partial charge is 0.312 e. The molecule has 8 heteroatoms. The standard InChI is InChI=1S/C12H17N5O3/c1-12(18,8-16(2)3)7-15-11-10(17(19)20)4-9(5-13)6-14-11/h4,6,18H,7-8H2,1-3H3,(H,14,15). The van der Waals surface area contributed by atoms with Gasteiger partial charge in [-0.15, -0.1) is 0 Å². The van der Waals surface area contributed by atoms with Gasteiger partial charge in [0.15, 0.2) is 0 Å². The van der Waals surface area contributed by atoms with E-state index in [4.69, 9.17) is 5.26 Å². The predicted molar refractivity (Wildman–Crippen MR) is 73.3 cm³/mol. The second-order valence-electron chi connectivity index (χ2n) is 5.05. The van der Waals surface area contributed by atoms with E-state index in [1.54, 1.807) is 13.0 Å². The third-order valence-corrected chi connectivity index (χ3v) is 2.49. The number of likely N-dealkylation sites (N-methyl/N-ethyl adjacent to an activating group) is 1. The average molecular weight is 279 g/mol. The van der Waals surface area contributed by atoms with Gasteiger partial charge in [-0.2, -0.15) is 5.26 Å². The van der Waals surface area contributed by atoms with Crippen molar-refractivity contribution in [1.82, 2.24) is 9.88 Å². The quantitative estimate of drug-likeness (QED) is 0.578. The third-order valence-electron chi connectivity index (χ3n) is 2.49. The molecule has 0 saturated heterocycles. The molecule has 1 heterocycles. The molecule has 108 valence electrons. The number of nitrogens with zero attached hydrogens (tertiary/aromatic N) is 4. The average Bonchev–Trinajstić information content (AvgIpc) is 2.34. The molecule has 1 unspecified atom stereocenters. The fourth-order valence-electron chi connectivity index (χ4n) is 1.80.